The molecule has 0 aliphatic heterocycles. The summed E-state index contributed by atoms with van der Waals surface area (Å²) in [6, 6.07) is 3.83. The van der Waals surface area contributed by atoms with Crippen LogP contribution in [0.25, 0.3) is 0 Å². The van der Waals surface area contributed by atoms with E-state index in [1.807, 2.05) is 12.1 Å². The van der Waals surface area contributed by atoms with Gasteiger partial charge in [0.05, 0.1) is 13.7 Å². The van der Waals surface area contributed by atoms with Gasteiger partial charge in [-0.2, -0.15) is 0 Å². The Balaban J connectivity index is 2.54. The van der Waals surface area contributed by atoms with E-state index < -0.39 is 0 Å². The number of aromatic nitrogens is 1. The molecule has 17 heavy (non-hydrogen) atoms. The van der Waals surface area contributed by atoms with Crippen molar-refractivity contribution in [1.82, 2.24) is 9.88 Å². The maximum absolute atomic E-state index is 11.6. The van der Waals surface area contributed by atoms with Gasteiger partial charge < -0.3 is 9.64 Å². The third kappa shape index (κ3) is 4.85. The van der Waals surface area contributed by atoms with Crippen molar-refractivity contribution in [3.8, 4) is 0 Å². The zero-order valence-corrected chi connectivity index (χ0v) is 10.6. The quantitative estimate of drug-likeness (QED) is 0.713. The standard InChI is InChI=1S/C13H20N2O2/c1-3-4-5-9-15(13(16)17-2)11-12-7-6-8-14-10-12/h6-8,10H,3-5,9,11H2,1-2H3. The van der Waals surface area contributed by atoms with Crippen molar-refractivity contribution in [2.75, 3.05) is 13.7 Å². The first-order valence-corrected chi connectivity index (χ1v) is 5.99. The van der Waals surface area contributed by atoms with Gasteiger partial charge in [-0.3, -0.25) is 4.98 Å². The highest BCUT2D eigenvalue weighted by Gasteiger charge is 2.13. The number of hydrogen-bond acceptors (Lipinski definition) is 3. The predicted molar refractivity (Wildman–Crippen MR) is 66.6 cm³/mol. The molecule has 0 radical (unpaired) electrons. The average Bonchev–Trinajstić information content (AvgIpc) is 2.38. The molecule has 1 aromatic heterocycles. The fourth-order valence-electron chi connectivity index (χ4n) is 1.63. The number of unbranched alkanes of at least 4 members (excludes halogenated alkanes) is 2. The van der Waals surface area contributed by atoms with Crippen molar-refractivity contribution in [3.05, 3.63) is 30.1 Å². The van der Waals surface area contributed by atoms with Gasteiger partial charge in [-0.1, -0.05) is 25.8 Å². The first-order valence-electron chi connectivity index (χ1n) is 5.99. The Morgan fingerprint density at radius 2 is 2.29 bits per heavy atom. The normalized spacial score (nSPS) is 10.0. The molecule has 4 heteroatoms. The minimum absolute atomic E-state index is 0.273. The number of rotatable bonds is 6. The second kappa shape index (κ2) is 7.65. The van der Waals surface area contributed by atoms with Crippen LogP contribution >= 0.6 is 0 Å². The third-order valence-corrected chi connectivity index (χ3v) is 2.56. The lowest BCUT2D eigenvalue weighted by molar-refractivity contribution is 0.120. The van der Waals surface area contributed by atoms with Crippen LogP contribution in [0.1, 0.15) is 31.7 Å². The molecule has 0 aliphatic rings. The van der Waals surface area contributed by atoms with Crippen LogP contribution in [-0.4, -0.2) is 29.6 Å². The summed E-state index contributed by atoms with van der Waals surface area (Å²) in [6.07, 6.45) is 6.50. The SMILES string of the molecule is CCCCCN(Cc1cccnc1)C(=O)OC. The van der Waals surface area contributed by atoms with E-state index in [2.05, 4.69) is 11.9 Å². The molecule has 0 aliphatic carbocycles. The molecule has 0 atom stereocenters. The van der Waals surface area contributed by atoms with Gasteiger partial charge in [-0.05, 0) is 18.1 Å². The van der Waals surface area contributed by atoms with E-state index in [0.717, 1.165) is 31.4 Å². The summed E-state index contributed by atoms with van der Waals surface area (Å²) in [5.74, 6) is 0. The Kier molecular flexibility index (Phi) is 6.07. The molecule has 0 fully saturated rings. The molecule has 1 amide bonds. The smallest absolute Gasteiger partial charge is 0.409 e. The van der Waals surface area contributed by atoms with Crippen LogP contribution in [-0.2, 0) is 11.3 Å². The summed E-state index contributed by atoms with van der Waals surface area (Å²) in [7, 11) is 1.42. The number of carbonyl (C=O) groups excluding carboxylic acids is 1. The van der Waals surface area contributed by atoms with Crippen LogP contribution in [0.15, 0.2) is 24.5 Å². The van der Waals surface area contributed by atoms with E-state index in [1.165, 1.54) is 7.11 Å². The fraction of sp³-hybridized carbons (Fsp3) is 0.538. The minimum atomic E-state index is -0.273. The Bertz CT molecular complexity index is 327. The summed E-state index contributed by atoms with van der Waals surface area (Å²) in [6.45, 7) is 3.43. The second-order valence-electron chi connectivity index (χ2n) is 3.96. The third-order valence-electron chi connectivity index (χ3n) is 2.56. The van der Waals surface area contributed by atoms with Gasteiger partial charge >= 0.3 is 6.09 Å². The molecule has 1 rings (SSSR count). The van der Waals surface area contributed by atoms with E-state index in [0.29, 0.717) is 6.54 Å². The van der Waals surface area contributed by atoms with Crippen LogP contribution in [0.3, 0.4) is 0 Å². The molecular weight excluding hydrogens is 216 g/mol. The monoisotopic (exact) mass is 236 g/mol. The minimum Gasteiger partial charge on any atom is -0.453 e. The van der Waals surface area contributed by atoms with Gasteiger partial charge in [0.1, 0.15) is 0 Å². The lowest BCUT2D eigenvalue weighted by atomic mass is 10.2. The van der Waals surface area contributed by atoms with Gasteiger partial charge in [0.15, 0.2) is 0 Å². The Hall–Kier alpha value is -1.58. The number of carbonyl (C=O) groups is 1. The number of pyridine rings is 1. The number of hydrogen-bond donors (Lipinski definition) is 0. The molecule has 94 valence electrons. The van der Waals surface area contributed by atoms with Gasteiger partial charge in [0, 0.05) is 18.9 Å². The number of nitrogens with zero attached hydrogens (tertiary/aromatic N) is 2. The van der Waals surface area contributed by atoms with E-state index >= 15 is 0 Å². The number of ether oxygens (including phenoxy) is 1. The Morgan fingerprint density at radius 1 is 1.47 bits per heavy atom. The van der Waals surface area contributed by atoms with Crippen molar-refractivity contribution >= 4 is 6.09 Å². The zero-order chi connectivity index (χ0) is 12.5. The lowest BCUT2D eigenvalue weighted by Gasteiger charge is -2.20. The van der Waals surface area contributed by atoms with Crippen LogP contribution in [0.4, 0.5) is 4.79 Å². The van der Waals surface area contributed by atoms with Crippen molar-refractivity contribution < 1.29 is 9.53 Å². The number of methoxy groups -OCH3 is 1. The number of amides is 1. The summed E-state index contributed by atoms with van der Waals surface area (Å²) in [5, 5.41) is 0. The molecule has 1 aromatic rings. The maximum atomic E-state index is 11.6. The van der Waals surface area contributed by atoms with E-state index in [-0.39, 0.29) is 6.09 Å². The first-order chi connectivity index (χ1) is 8.27. The highest BCUT2D eigenvalue weighted by atomic mass is 16.5. The van der Waals surface area contributed by atoms with Gasteiger partial charge in [-0.15, -0.1) is 0 Å². The molecule has 0 spiro atoms. The molecule has 0 N–H and O–H groups in total. The zero-order valence-electron chi connectivity index (χ0n) is 10.6. The molecular formula is C13H20N2O2. The molecule has 0 bridgehead atoms. The van der Waals surface area contributed by atoms with E-state index in [4.69, 9.17) is 4.74 Å². The van der Waals surface area contributed by atoms with Gasteiger partial charge in [0.25, 0.3) is 0 Å². The summed E-state index contributed by atoms with van der Waals surface area (Å²) in [4.78, 5) is 17.3. The molecule has 0 saturated heterocycles. The van der Waals surface area contributed by atoms with Crippen LogP contribution in [0, 0.1) is 0 Å². The summed E-state index contributed by atoms with van der Waals surface area (Å²) < 4.78 is 4.78. The van der Waals surface area contributed by atoms with E-state index in [1.54, 1.807) is 17.3 Å². The summed E-state index contributed by atoms with van der Waals surface area (Å²) >= 11 is 0. The van der Waals surface area contributed by atoms with E-state index in [9.17, 15) is 4.79 Å². The Labute approximate surface area is 103 Å². The molecule has 0 unspecified atom stereocenters. The highest BCUT2D eigenvalue weighted by molar-refractivity contribution is 5.67. The summed E-state index contributed by atoms with van der Waals surface area (Å²) in [5.41, 5.74) is 1.02. The Morgan fingerprint density at radius 3 is 2.88 bits per heavy atom. The predicted octanol–water partition coefficient (Wildman–Crippen LogP) is 2.84. The van der Waals surface area contributed by atoms with Crippen LogP contribution in [0.2, 0.25) is 0 Å². The first kappa shape index (κ1) is 13.5. The van der Waals surface area contributed by atoms with Crippen molar-refractivity contribution in [2.24, 2.45) is 0 Å². The van der Waals surface area contributed by atoms with Crippen molar-refractivity contribution in [2.45, 2.75) is 32.7 Å². The second-order valence-corrected chi connectivity index (χ2v) is 3.96. The molecule has 1 heterocycles. The fourth-order valence-corrected chi connectivity index (χ4v) is 1.63. The lowest BCUT2D eigenvalue weighted by Crippen LogP contribution is -2.31. The van der Waals surface area contributed by atoms with Crippen LogP contribution < -0.4 is 0 Å². The van der Waals surface area contributed by atoms with Crippen LogP contribution in [0.5, 0.6) is 0 Å². The topological polar surface area (TPSA) is 42.4 Å². The molecule has 4 nitrogen and oxygen atoms in total. The highest BCUT2D eigenvalue weighted by Crippen LogP contribution is 2.07. The molecule has 0 aromatic carbocycles. The van der Waals surface area contributed by atoms with Crippen molar-refractivity contribution in [3.63, 3.8) is 0 Å². The maximum Gasteiger partial charge on any atom is 0.409 e. The largest absolute Gasteiger partial charge is 0.453 e. The average molecular weight is 236 g/mol. The van der Waals surface area contributed by atoms with Crippen molar-refractivity contribution in [1.29, 1.82) is 0 Å². The van der Waals surface area contributed by atoms with Gasteiger partial charge in [0.2, 0.25) is 0 Å². The van der Waals surface area contributed by atoms with Gasteiger partial charge in [-0.25, -0.2) is 4.79 Å². The molecule has 0 saturated carbocycles.